The second-order valence-electron chi connectivity index (χ2n) is 5.16. The summed E-state index contributed by atoms with van der Waals surface area (Å²) in [6.45, 7) is 1.90. The van der Waals surface area contributed by atoms with Gasteiger partial charge >= 0.3 is 0 Å². The van der Waals surface area contributed by atoms with Crippen LogP contribution in [0.3, 0.4) is 0 Å². The van der Waals surface area contributed by atoms with E-state index in [-0.39, 0.29) is 11.6 Å². The van der Waals surface area contributed by atoms with Gasteiger partial charge in [-0.15, -0.1) is 0 Å². The SMILES string of the molecule is CC1CCCC(CO)(NS(=O)(=O)c2cnc[nH]2)C1. The number of nitrogens with zero attached hydrogens (tertiary/aromatic N) is 1. The molecule has 2 unspecified atom stereocenters. The minimum atomic E-state index is -3.64. The van der Waals surface area contributed by atoms with Gasteiger partial charge in [-0.2, -0.15) is 0 Å². The van der Waals surface area contributed by atoms with Gasteiger partial charge in [0.05, 0.1) is 24.7 Å². The van der Waals surface area contributed by atoms with Gasteiger partial charge in [0.25, 0.3) is 10.0 Å². The van der Waals surface area contributed by atoms with Gasteiger partial charge in [-0.25, -0.2) is 18.1 Å². The van der Waals surface area contributed by atoms with Crippen molar-refractivity contribution in [2.75, 3.05) is 6.61 Å². The zero-order valence-corrected chi connectivity index (χ0v) is 11.2. The molecule has 1 heterocycles. The highest BCUT2D eigenvalue weighted by Gasteiger charge is 2.38. The summed E-state index contributed by atoms with van der Waals surface area (Å²) in [7, 11) is -3.64. The zero-order valence-electron chi connectivity index (χ0n) is 10.4. The van der Waals surface area contributed by atoms with Crippen LogP contribution in [0.5, 0.6) is 0 Å². The first kappa shape index (κ1) is 13.5. The average Bonchev–Trinajstić information content (AvgIpc) is 2.82. The predicted molar refractivity (Wildman–Crippen MR) is 66.4 cm³/mol. The monoisotopic (exact) mass is 273 g/mol. The molecular formula is C11H19N3O3S. The molecule has 0 amide bonds. The number of hydrogen-bond donors (Lipinski definition) is 3. The van der Waals surface area contributed by atoms with Crippen LogP contribution >= 0.6 is 0 Å². The Morgan fingerprint density at radius 3 is 3.00 bits per heavy atom. The van der Waals surface area contributed by atoms with Gasteiger partial charge in [0.15, 0.2) is 5.03 Å². The van der Waals surface area contributed by atoms with E-state index < -0.39 is 15.6 Å². The van der Waals surface area contributed by atoms with E-state index in [4.69, 9.17) is 0 Å². The van der Waals surface area contributed by atoms with Gasteiger partial charge < -0.3 is 10.1 Å². The summed E-state index contributed by atoms with van der Waals surface area (Å²) in [6.07, 6.45) is 5.92. The number of nitrogens with one attached hydrogen (secondary N) is 2. The molecule has 0 radical (unpaired) electrons. The molecule has 0 spiro atoms. The molecule has 2 atom stereocenters. The lowest BCUT2D eigenvalue weighted by Crippen LogP contribution is -2.53. The van der Waals surface area contributed by atoms with Gasteiger partial charge in [0.1, 0.15) is 0 Å². The highest BCUT2D eigenvalue weighted by atomic mass is 32.2. The molecule has 1 saturated carbocycles. The molecule has 18 heavy (non-hydrogen) atoms. The summed E-state index contributed by atoms with van der Waals surface area (Å²) in [5.41, 5.74) is -0.735. The number of H-pyrrole nitrogens is 1. The Balaban J connectivity index is 2.20. The van der Waals surface area contributed by atoms with Crippen molar-refractivity contribution < 1.29 is 13.5 Å². The Bertz CT molecular complexity index is 486. The van der Waals surface area contributed by atoms with Crippen LogP contribution in [-0.2, 0) is 10.0 Å². The lowest BCUT2D eigenvalue weighted by molar-refractivity contribution is 0.119. The summed E-state index contributed by atoms with van der Waals surface area (Å²) >= 11 is 0. The Labute approximate surface area is 107 Å². The third kappa shape index (κ3) is 2.73. The quantitative estimate of drug-likeness (QED) is 0.750. The molecule has 1 fully saturated rings. The van der Waals surface area contributed by atoms with Crippen LogP contribution in [0.1, 0.15) is 32.6 Å². The summed E-state index contributed by atoms with van der Waals surface area (Å²) in [5, 5.41) is 9.60. The van der Waals surface area contributed by atoms with Crippen LogP contribution in [-0.4, -0.2) is 35.6 Å². The standard InChI is InChI=1S/C11H19N3O3S/c1-9-3-2-4-11(5-9,7-15)14-18(16,17)10-6-12-8-13-10/h6,8-9,14-15H,2-5,7H2,1H3,(H,12,13). The second kappa shape index (κ2) is 4.99. The molecule has 1 aliphatic rings. The largest absolute Gasteiger partial charge is 0.394 e. The molecule has 0 bridgehead atoms. The van der Waals surface area contributed by atoms with Gasteiger partial charge in [-0.3, -0.25) is 0 Å². The van der Waals surface area contributed by atoms with Crippen molar-refractivity contribution in [3.8, 4) is 0 Å². The lowest BCUT2D eigenvalue weighted by Gasteiger charge is -2.38. The van der Waals surface area contributed by atoms with Crippen molar-refractivity contribution in [3.63, 3.8) is 0 Å². The van der Waals surface area contributed by atoms with Crippen molar-refractivity contribution in [3.05, 3.63) is 12.5 Å². The number of rotatable bonds is 4. The molecule has 0 aromatic carbocycles. The summed E-state index contributed by atoms with van der Waals surface area (Å²) in [6, 6.07) is 0. The molecular weight excluding hydrogens is 254 g/mol. The first-order valence-corrected chi connectivity index (χ1v) is 7.59. The molecule has 7 heteroatoms. The average molecular weight is 273 g/mol. The first-order valence-electron chi connectivity index (χ1n) is 6.11. The number of aromatic amines is 1. The second-order valence-corrected chi connectivity index (χ2v) is 6.81. The van der Waals surface area contributed by atoms with E-state index in [1.54, 1.807) is 0 Å². The Kier molecular flexibility index (Phi) is 3.74. The molecule has 2 rings (SSSR count). The fourth-order valence-corrected chi connectivity index (χ4v) is 4.00. The predicted octanol–water partition coefficient (Wildman–Crippen LogP) is 0.629. The van der Waals surface area contributed by atoms with E-state index in [0.717, 1.165) is 12.8 Å². The summed E-state index contributed by atoms with van der Waals surface area (Å²) < 4.78 is 26.9. The van der Waals surface area contributed by atoms with Crippen molar-refractivity contribution in [1.29, 1.82) is 0 Å². The van der Waals surface area contributed by atoms with Crippen molar-refractivity contribution >= 4 is 10.0 Å². The van der Waals surface area contributed by atoms with E-state index in [0.29, 0.717) is 18.8 Å². The van der Waals surface area contributed by atoms with E-state index in [2.05, 4.69) is 21.6 Å². The van der Waals surface area contributed by atoms with Crippen LogP contribution in [0, 0.1) is 5.92 Å². The highest BCUT2D eigenvalue weighted by molar-refractivity contribution is 7.89. The number of aromatic nitrogens is 2. The van der Waals surface area contributed by atoms with Crippen molar-refractivity contribution in [1.82, 2.24) is 14.7 Å². The maximum absolute atomic E-state index is 12.1. The fourth-order valence-electron chi connectivity index (χ4n) is 2.66. The smallest absolute Gasteiger partial charge is 0.258 e. The van der Waals surface area contributed by atoms with Crippen LogP contribution in [0.15, 0.2) is 17.6 Å². The van der Waals surface area contributed by atoms with E-state index >= 15 is 0 Å². The van der Waals surface area contributed by atoms with E-state index in [9.17, 15) is 13.5 Å². The van der Waals surface area contributed by atoms with Gasteiger partial charge in [-0.05, 0) is 18.8 Å². The third-order valence-corrected chi connectivity index (χ3v) is 5.01. The number of aliphatic hydroxyl groups excluding tert-OH is 1. The Morgan fingerprint density at radius 1 is 1.67 bits per heavy atom. The molecule has 1 aromatic rings. The molecule has 6 nitrogen and oxygen atoms in total. The molecule has 1 aliphatic carbocycles. The van der Waals surface area contributed by atoms with Gasteiger partial charge in [0, 0.05) is 0 Å². The van der Waals surface area contributed by atoms with Crippen LogP contribution < -0.4 is 4.72 Å². The number of imidazole rings is 1. The van der Waals surface area contributed by atoms with E-state index in [1.165, 1.54) is 12.5 Å². The van der Waals surface area contributed by atoms with Crippen molar-refractivity contribution in [2.45, 2.75) is 43.2 Å². The first-order chi connectivity index (χ1) is 8.47. The molecule has 3 N–H and O–H groups in total. The number of sulfonamides is 1. The molecule has 0 saturated heterocycles. The lowest BCUT2D eigenvalue weighted by atomic mass is 9.78. The molecule has 102 valence electrons. The Hall–Kier alpha value is -0.920. The van der Waals surface area contributed by atoms with Gasteiger partial charge in [0.2, 0.25) is 0 Å². The van der Waals surface area contributed by atoms with E-state index in [1.807, 2.05) is 0 Å². The molecule has 0 aliphatic heterocycles. The van der Waals surface area contributed by atoms with Crippen LogP contribution in [0.4, 0.5) is 0 Å². The fraction of sp³-hybridized carbons (Fsp3) is 0.727. The summed E-state index contributed by atoms with van der Waals surface area (Å²) in [5.74, 6) is 0.412. The zero-order chi connectivity index (χ0) is 13.2. The van der Waals surface area contributed by atoms with Crippen molar-refractivity contribution in [2.24, 2.45) is 5.92 Å². The van der Waals surface area contributed by atoms with Gasteiger partial charge in [-0.1, -0.05) is 19.8 Å². The normalized spacial score (nSPS) is 29.3. The van der Waals surface area contributed by atoms with Crippen LogP contribution in [0.2, 0.25) is 0 Å². The maximum Gasteiger partial charge on any atom is 0.258 e. The topological polar surface area (TPSA) is 95.1 Å². The minimum absolute atomic E-state index is 0.0357. The maximum atomic E-state index is 12.1. The molecule has 1 aromatic heterocycles. The highest BCUT2D eigenvalue weighted by Crippen LogP contribution is 2.33. The third-order valence-electron chi connectivity index (χ3n) is 3.51. The van der Waals surface area contributed by atoms with Crippen LogP contribution in [0.25, 0.3) is 0 Å². The Morgan fingerprint density at radius 2 is 2.44 bits per heavy atom. The minimum Gasteiger partial charge on any atom is -0.394 e. The number of hydrogen-bond acceptors (Lipinski definition) is 4. The summed E-state index contributed by atoms with van der Waals surface area (Å²) in [4.78, 5) is 6.28. The number of aliphatic hydroxyl groups is 1.